The van der Waals surface area contributed by atoms with Gasteiger partial charge in [-0.2, -0.15) is 0 Å². The van der Waals surface area contributed by atoms with E-state index >= 15 is 0 Å². The van der Waals surface area contributed by atoms with E-state index in [1.807, 2.05) is 24.3 Å². The fourth-order valence-electron chi connectivity index (χ4n) is 2.22. The van der Waals surface area contributed by atoms with Crippen molar-refractivity contribution in [1.29, 1.82) is 0 Å². The molecule has 4 nitrogen and oxygen atoms in total. The quantitative estimate of drug-likeness (QED) is 0.857. The lowest BCUT2D eigenvalue weighted by Gasteiger charge is -2.17. The summed E-state index contributed by atoms with van der Waals surface area (Å²) in [7, 11) is 0. The van der Waals surface area contributed by atoms with Gasteiger partial charge in [-0.1, -0.05) is 12.1 Å². The largest absolute Gasteiger partial charge is 0.376 e. The minimum Gasteiger partial charge on any atom is -0.376 e. The maximum Gasteiger partial charge on any atom is 0.137 e. The highest BCUT2D eigenvalue weighted by molar-refractivity contribution is 5.88. The highest BCUT2D eigenvalue weighted by Gasteiger charge is 2.24. The molecule has 1 aromatic carbocycles. The smallest absolute Gasteiger partial charge is 0.137 e. The first-order valence-corrected chi connectivity index (χ1v) is 5.92. The van der Waals surface area contributed by atoms with Crippen molar-refractivity contribution in [3.8, 4) is 0 Å². The summed E-state index contributed by atoms with van der Waals surface area (Å²) in [5.41, 5.74) is 0.969. The van der Waals surface area contributed by atoms with Gasteiger partial charge in [-0.05, 0) is 25.5 Å². The molecule has 0 bridgehead atoms. The number of ether oxygens (including phenoxy) is 1. The normalized spacial score (nSPS) is 24.1. The van der Waals surface area contributed by atoms with Gasteiger partial charge >= 0.3 is 0 Å². The number of rotatable bonds is 2. The summed E-state index contributed by atoms with van der Waals surface area (Å²) < 4.78 is 5.54. The Kier molecular flexibility index (Phi) is 2.65. The van der Waals surface area contributed by atoms with E-state index in [9.17, 15) is 0 Å². The first kappa shape index (κ1) is 10.5. The third kappa shape index (κ3) is 1.96. The van der Waals surface area contributed by atoms with Crippen LogP contribution in [-0.4, -0.2) is 28.7 Å². The number of hydrogen-bond donors (Lipinski definition) is 1. The molecule has 2 heterocycles. The maximum absolute atomic E-state index is 5.54. The Morgan fingerprint density at radius 2 is 2.18 bits per heavy atom. The van der Waals surface area contributed by atoms with Crippen molar-refractivity contribution in [3.63, 3.8) is 0 Å². The molecule has 88 valence electrons. The second-order valence-electron chi connectivity index (χ2n) is 4.35. The molecule has 4 heteroatoms. The van der Waals surface area contributed by atoms with Gasteiger partial charge in [-0.15, -0.1) is 0 Å². The maximum atomic E-state index is 5.54. The molecule has 2 atom stereocenters. The van der Waals surface area contributed by atoms with Crippen molar-refractivity contribution >= 4 is 16.7 Å². The van der Waals surface area contributed by atoms with Gasteiger partial charge < -0.3 is 10.1 Å². The molecule has 0 radical (unpaired) electrons. The molecule has 1 fully saturated rings. The fraction of sp³-hybridized carbons (Fsp3) is 0.385. The SMILES string of the molecule is CC1OCCC1Nc1ncnc2ccccc12. The molecule has 0 saturated carbocycles. The molecular formula is C13H15N3O. The van der Waals surface area contributed by atoms with E-state index in [1.165, 1.54) is 0 Å². The van der Waals surface area contributed by atoms with Gasteiger partial charge in [0.1, 0.15) is 12.1 Å². The molecular weight excluding hydrogens is 214 g/mol. The average molecular weight is 229 g/mol. The summed E-state index contributed by atoms with van der Waals surface area (Å²) in [6.07, 6.45) is 2.87. The molecule has 0 aliphatic carbocycles. The standard InChI is InChI=1S/C13H15N3O/c1-9-11(6-7-17-9)16-13-10-4-2-3-5-12(10)14-8-15-13/h2-5,8-9,11H,6-7H2,1H3,(H,14,15,16). The van der Waals surface area contributed by atoms with Crippen LogP contribution in [0.5, 0.6) is 0 Å². The number of fused-ring (bicyclic) bond motifs is 1. The lowest BCUT2D eigenvalue weighted by Crippen LogP contribution is -2.27. The Morgan fingerprint density at radius 1 is 1.29 bits per heavy atom. The topological polar surface area (TPSA) is 47.0 Å². The first-order valence-electron chi connectivity index (χ1n) is 5.92. The van der Waals surface area contributed by atoms with Crippen molar-refractivity contribution < 1.29 is 4.74 Å². The zero-order valence-electron chi connectivity index (χ0n) is 9.76. The van der Waals surface area contributed by atoms with Crippen LogP contribution in [0.4, 0.5) is 5.82 Å². The van der Waals surface area contributed by atoms with E-state index in [2.05, 4.69) is 22.2 Å². The van der Waals surface area contributed by atoms with Crippen LogP contribution < -0.4 is 5.32 Å². The van der Waals surface area contributed by atoms with Crippen molar-refractivity contribution in [3.05, 3.63) is 30.6 Å². The van der Waals surface area contributed by atoms with Crippen molar-refractivity contribution in [2.45, 2.75) is 25.5 Å². The number of nitrogens with one attached hydrogen (secondary N) is 1. The Morgan fingerprint density at radius 3 is 3.00 bits per heavy atom. The molecule has 1 N–H and O–H groups in total. The van der Waals surface area contributed by atoms with Crippen molar-refractivity contribution in [2.24, 2.45) is 0 Å². The summed E-state index contributed by atoms with van der Waals surface area (Å²) in [6.45, 7) is 2.91. The monoisotopic (exact) mass is 229 g/mol. The molecule has 3 rings (SSSR count). The fourth-order valence-corrected chi connectivity index (χ4v) is 2.22. The van der Waals surface area contributed by atoms with E-state index in [4.69, 9.17) is 4.74 Å². The molecule has 1 aromatic heterocycles. The van der Waals surface area contributed by atoms with E-state index in [1.54, 1.807) is 6.33 Å². The van der Waals surface area contributed by atoms with Crippen molar-refractivity contribution in [2.75, 3.05) is 11.9 Å². The molecule has 0 amide bonds. The number of nitrogens with zero attached hydrogens (tertiary/aromatic N) is 2. The van der Waals surface area contributed by atoms with Gasteiger partial charge in [0.2, 0.25) is 0 Å². The molecule has 1 saturated heterocycles. The highest BCUT2D eigenvalue weighted by atomic mass is 16.5. The van der Waals surface area contributed by atoms with Crippen LogP contribution in [0.25, 0.3) is 10.9 Å². The molecule has 2 unspecified atom stereocenters. The Hall–Kier alpha value is -1.68. The van der Waals surface area contributed by atoms with Gasteiger partial charge in [-0.25, -0.2) is 9.97 Å². The molecule has 1 aliphatic heterocycles. The van der Waals surface area contributed by atoms with Gasteiger partial charge in [-0.3, -0.25) is 0 Å². The minimum absolute atomic E-state index is 0.240. The molecule has 1 aliphatic rings. The molecule has 2 aromatic rings. The second-order valence-corrected chi connectivity index (χ2v) is 4.35. The Bertz CT molecular complexity index is 524. The minimum atomic E-state index is 0.240. The number of para-hydroxylation sites is 1. The summed E-state index contributed by atoms with van der Waals surface area (Å²) in [5.74, 6) is 0.901. The van der Waals surface area contributed by atoms with E-state index in [0.717, 1.165) is 29.7 Å². The molecule has 0 spiro atoms. The zero-order chi connectivity index (χ0) is 11.7. The van der Waals surface area contributed by atoms with Gasteiger partial charge in [0.05, 0.1) is 17.7 Å². The predicted octanol–water partition coefficient (Wildman–Crippen LogP) is 2.22. The van der Waals surface area contributed by atoms with E-state index in [0.29, 0.717) is 6.04 Å². The van der Waals surface area contributed by atoms with Gasteiger partial charge in [0, 0.05) is 12.0 Å². The Balaban J connectivity index is 1.94. The van der Waals surface area contributed by atoms with Crippen LogP contribution in [0.15, 0.2) is 30.6 Å². The average Bonchev–Trinajstić information content (AvgIpc) is 2.76. The zero-order valence-corrected chi connectivity index (χ0v) is 9.76. The van der Waals surface area contributed by atoms with Gasteiger partial charge in [0.15, 0.2) is 0 Å². The lowest BCUT2D eigenvalue weighted by atomic mass is 10.1. The second kappa shape index (κ2) is 4.30. The first-order chi connectivity index (χ1) is 8.34. The van der Waals surface area contributed by atoms with Crippen LogP contribution in [-0.2, 0) is 4.74 Å². The van der Waals surface area contributed by atoms with Crippen LogP contribution in [0, 0.1) is 0 Å². The third-order valence-corrected chi connectivity index (χ3v) is 3.24. The van der Waals surface area contributed by atoms with Crippen LogP contribution in [0.1, 0.15) is 13.3 Å². The van der Waals surface area contributed by atoms with E-state index < -0.39 is 0 Å². The van der Waals surface area contributed by atoms with Crippen molar-refractivity contribution in [1.82, 2.24) is 9.97 Å². The summed E-state index contributed by atoms with van der Waals surface area (Å²) in [4.78, 5) is 8.58. The summed E-state index contributed by atoms with van der Waals surface area (Å²) >= 11 is 0. The van der Waals surface area contributed by atoms with Gasteiger partial charge in [0.25, 0.3) is 0 Å². The number of aromatic nitrogens is 2. The van der Waals surface area contributed by atoms with Crippen LogP contribution >= 0.6 is 0 Å². The van der Waals surface area contributed by atoms with Crippen LogP contribution in [0.2, 0.25) is 0 Å². The number of benzene rings is 1. The highest BCUT2D eigenvalue weighted by Crippen LogP contribution is 2.23. The lowest BCUT2D eigenvalue weighted by molar-refractivity contribution is 0.121. The number of anilines is 1. The van der Waals surface area contributed by atoms with E-state index in [-0.39, 0.29) is 6.10 Å². The molecule has 17 heavy (non-hydrogen) atoms. The predicted molar refractivity (Wildman–Crippen MR) is 67.0 cm³/mol. The third-order valence-electron chi connectivity index (χ3n) is 3.24. The Labute approximate surface area is 100 Å². The summed E-state index contributed by atoms with van der Waals surface area (Å²) in [6, 6.07) is 8.37. The number of hydrogen-bond acceptors (Lipinski definition) is 4. The van der Waals surface area contributed by atoms with Crippen LogP contribution in [0.3, 0.4) is 0 Å². The summed E-state index contributed by atoms with van der Waals surface area (Å²) in [5, 5.41) is 4.52.